The highest BCUT2D eigenvalue weighted by Crippen LogP contribution is 2.22. The van der Waals surface area contributed by atoms with E-state index in [-0.39, 0.29) is 77.0 Å². The number of ether oxygens (including phenoxy) is 4. The minimum absolute atomic E-state index is 0.00938. The Labute approximate surface area is 244 Å². The molecule has 0 saturated carbocycles. The molecule has 0 unspecified atom stereocenters. The summed E-state index contributed by atoms with van der Waals surface area (Å²) < 4.78 is 22.4. The number of aliphatic hydroxyl groups is 4. The van der Waals surface area contributed by atoms with Gasteiger partial charge in [0.15, 0.2) is 12.6 Å². The van der Waals surface area contributed by atoms with Gasteiger partial charge in [-0.05, 0) is 39.0 Å². The van der Waals surface area contributed by atoms with Crippen LogP contribution in [0.3, 0.4) is 0 Å². The third-order valence-electron chi connectivity index (χ3n) is 7.33. The fourth-order valence-corrected chi connectivity index (χ4v) is 4.86. The third-order valence-corrected chi connectivity index (χ3v) is 7.33. The van der Waals surface area contributed by atoms with Gasteiger partial charge < -0.3 is 49.1 Å². The molecule has 0 spiro atoms. The lowest BCUT2D eigenvalue weighted by Crippen LogP contribution is -2.50. The fraction of sp³-hybridized carbons (Fsp3) is 0.852. The molecule has 0 radical (unpaired) electrons. The van der Waals surface area contributed by atoms with Crippen molar-refractivity contribution in [3.63, 3.8) is 0 Å². The predicted molar refractivity (Wildman–Crippen MR) is 141 cm³/mol. The fourth-order valence-electron chi connectivity index (χ4n) is 4.86. The van der Waals surface area contributed by atoms with Gasteiger partial charge in [-0.2, -0.15) is 0 Å². The standard InChI is InChI=1S/C27H44N2O13/c1-17-7-8-19(31)26(40-17)39-14-12-28(11-4-13-38-27-25(37)20(32)15-18(16-30)41-27)21(33)5-2-3-6-24(36)42-29-22(34)9-10-23(29)35/h17-20,25-27,30-32,37H,2-16H2,1H3/t17-,18-,19-,20-,25-,26+,27+/m0/s1. The summed E-state index contributed by atoms with van der Waals surface area (Å²) in [6, 6.07) is 0. The molecule has 240 valence electrons. The molecule has 4 N–H and O–H groups in total. The molecule has 0 aromatic heterocycles. The van der Waals surface area contributed by atoms with E-state index in [4.69, 9.17) is 23.8 Å². The SMILES string of the molecule is C[C@H]1CC[C@H](O)[C@H](OCCN(CCCO[C@@H]2O[C@H](CO)C[C@H](O)[C@@H]2O)C(=O)CCCCC(=O)ON2C(=O)CCC2=O)O1. The van der Waals surface area contributed by atoms with Gasteiger partial charge in [-0.15, -0.1) is 5.06 Å². The Kier molecular flexibility index (Phi) is 14.0. The zero-order chi connectivity index (χ0) is 30.6. The Hall–Kier alpha value is -2.24. The molecule has 0 aliphatic carbocycles. The van der Waals surface area contributed by atoms with Crippen molar-refractivity contribution in [1.82, 2.24) is 9.96 Å². The molecule has 15 heteroatoms. The van der Waals surface area contributed by atoms with Gasteiger partial charge in [0.1, 0.15) is 12.2 Å². The highest BCUT2D eigenvalue weighted by atomic mass is 16.7. The number of aliphatic hydroxyl groups excluding tert-OH is 4. The molecule has 3 rings (SSSR count). The summed E-state index contributed by atoms with van der Waals surface area (Å²) in [6.07, 6.45) is -3.28. The van der Waals surface area contributed by atoms with Crippen LogP contribution >= 0.6 is 0 Å². The molecule has 0 aromatic carbocycles. The van der Waals surface area contributed by atoms with E-state index in [0.29, 0.717) is 30.7 Å². The predicted octanol–water partition coefficient (Wildman–Crippen LogP) is -0.879. The van der Waals surface area contributed by atoms with E-state index in [2.05, 4.69) is 0 Å². The van der Waals surface area contributed by atoms with E-state index in [9.17, 15) is 39.6 Å². The average molecular weight is 605 g/mol. The van der Waals surface area contributed by atoms with Crippen LogP contribution in [0.4, 0.5) is 0 Å². The molecule has 3 aliphatic heterocycles. The first kappa shape index (κ1) is 34.3. The van der Waals surface area contributed by atoms with Gasteiger partial charge in [0, 0.05) is 45.2 Å². The zero-order valence-corrected chi connectivity index (χ0v) is 24.0. The van der Waals surface area contributed by atoms with Crippen molar-refractivity contribution in [2.45, 2.75) is 114 Å². The molecule has 0 aromatic rings. The van der Waals surface area contributed by atoms with Crippen LogP contribution < -0.4 is 0 Å². The Balaban J connectivity index is 1.44. The monoisotopic (exact) mass is 604 g/mol. The Morgan fingerprint density at radius 3 is 2.31 bits per heavy atom. The second-order valence-electron chi connectivity index (χ2n) is 10.8. The normalized spacial score (nSPS) is 30.0. The van der Waals surface area contributed by atoms with Gasteiger partial charge in [0.05, 0.1) is 38.1 Å². The number of carbonyl (C=O) groups is 4. The lowest BCUT2D eigenvalue weighted by Gasteiger charge is -2.36. The van der Waals surface area contributed by atoms with Gasteiger partial charge in [0.2, 0.25) is 5.91 Å². The number of hydroxylamine groups is 2. The molecule has 3 fully saturated rings. The van der Waals surface area contributed by atoms with Crippen molar-refractivity contribution in [3.05, 3.63) is 0 Å². The molecule has 7 atom stereocenters. The van der Waals surface area contributed by atoms with Crippen LogP contribution in [0.25, 0.3) is 0 Å². The lowest BCUT2D eigenvalue weighted by atomic mass is 10.0. The molecular formula is C27H44N2O13. The number of hydrogen-bond acceptors (Lipinski definition) is 13. The maximum atomic E-state index is 13.0. The van der Waals surface area contributed by atoms with E-state index in [1.54, 1.807) is 4.90 Å². The van der Waals surface area contributed by atoms with Crippen LogP contribution in [0.1, 0.15) is 71.1 Å². The Morgan fingerprint density at radius 1 is 0.905 bits per heavy atom. The van der Waals surface area contributed by atoms with Crippen molar-refractivity contribution in [1.29, 1.82) is 0 Å². The Morgan fingerprint density at radius 2 is 1.60 bits per heavy atom. The summed E-state index contributed by atoms with van der Waals surface area (Å²) in [6.45, 7) is 2.25. The second-order valence-corrected chi connectivity index (χ2v) is 10.8. The number of hydrogen-bond donors (Lipinski definition) is 4. The summed E-state index contributed by atoms with van der Waals surface area (Å²) in [5.74, 6) is -2.05. The first-order valence-corrected chi connectivity index (χ1v) is 14.6. The van der Waals surface area contributed by atoms with Crippen molar-refractivity contribution in [2.24, 2.45) is 0 Å². The highest BCUT2D eigenvalue weighted by Gasteiger charge is 2.37. The molecule has 3 amide bonds. The van der Waals surface area contributed by atoms with Crippen LogP contribution in [0.2, 0.25) is 0 Å². The minimum atomic E-state index is -1.27. The number of amides is 3. The minimum Gasteiger partial charge on any atom is -0.394 e. The number of unbranched alkanes of at least 4 members (excludes halogenated alkanes) is 1. The molecule has 15 nitrogen and oxygen atoms in total. The van der Waals surface area contributed by atoms with Crippen LogP contribution in [-0.2, 0) is 43.0 Å². The van der Waals surface area contributed by atoms with Gasteiger partial charge in [-0.3, -0.25) is 14.4 Å². The van der Waals surface area contributed by atoms with E-state index < -0.39 is 54.8 Å². The molecule has 0 bridgehead atoms. The largest absolute Gasteiger partial charge is 0.394 e. The molecule has 42 heavy (non-hydrogen) atoms. The van der Waals surface area contributed by atoms with Crippen LogP contribution in [0.15, 0.2) is 0 Å². The van der Waals surface area contributed by atoms with Gasteiger partial charge in [-0.1, -0.05) is 0 Å². The van der Waals surface area contributed by atoms with Crippen LogP contribution in [0.5, 0.6) is 0 Å². The van der Waals surface area contributed by atoms with Gasteiger partial charge in [0.25, 0.3) is 11.8 Å². The van der Waals surface area contributed by atoms with Crippen molar-refractivity contribution >= 4 is 23.7 Å². The van der Waals surface area contributed by atoms with Crippen molar-refractivity contribution in [2.75, 3.05) is 32.9 Å². The maximum absolute atomic E-state index is 13.0. The van der Waals surface area contributed by atoms with E-state index in [1.165, 1.54) is 0 Å². The number of imide groups is 1. The van der Waals surface area contributed by atoms with E-state index >= 15 is 0 Å². The van der Waals surface area contributed by atoms with Gasteiger partial charge in [-0.25, -0.2) is 4.79 Å². The summed E-state index contributed by atoms with van der Waals surface area (Å²) in [5, 5.41) is 40.1. The molecule has 3 saturated heterocycles. The first-order chi connectivity index (χ1) is 20.1. The Bertz CT molecular complexity index is 889. The summed E-state index contributed by atoms with van der Waals surface area (Å²) in [4.78, 5) is 54.6. The lowest BCUT2D eigenvalue weighted by molar-refractivity contribution is -0.271. The third kappa shape index (κ3) is 10.5. The second kappa shape index (κ2) is 17.2. The van der Waals surface area contributed by atoms with Crippen LogP contribution in [0, 0.1) is 0 Å². The van der Waals surface area contributed by atoms with E-state index in [0.717, 1.165) is 6.42 Å². The maximum Gasteiger partial charge on any atom is 0.333 e. The van der Waals surface area contributed by atoms with E-state index in [1.807, 2.05) is 6.92 Å². The molecule has 3 heterocycles. The number of nitrogens with zero attached hydrogens (tertiary/aromatic N) is 2. The van der Waals surface area contributed by atoms with Crippen molar-refractivity contribution < 1.29 is 63.4 Å². The molecular weight excluding hydrogens is 560 g/mol. The number of rotatable bonds is 16. The van der Waals surface area contributed by atoms with Crippen molar-refractivity contribution in [3.8, 4) is 0 Å². The summed E-state index contributed by atoms with van der Waals surface area (Å²) in [7, 11) is 0. The highest BCUT2D eigenvalue weighted by molar-refractivity contribution is 6.01. The van der Waals surface area contributed by atoms with Gasteiger partial charge >= 0.3 is 5.97 Å². The average Bonchev–Trinajstić information content (AvgIpc) is 3.27. The van der Waals surface area contributed by atoms with Crippen LogP contribution in [-0.4, -0.2) is 130 Å². The topological polar surface area (TPSA) is 202 Å². The molecule has 3 aliphatic rings. The quantitative estimate of drug-likeness (QED) is 0.125. The number of carbonyl (C=O) groups excluding carboxylic acids is 4. The smallest absolute Gasteiger partial charge is 0.333 e. The summed E-state index contributed by atoms with van der Waals surface area (Å²) >= 11 is 0. The summed E-state index contributed by atoms with van der Waals surface area (Å²) in [5.41, 5.74) is 0. The first-order valence-electron chi connectivity index (χ1n) is 14.6. The zero-order valence-electron chi connectivity index (χ0n) is 24.0.